The summed E-state index contributed by atoms with van der Waals surface area (Å²) in [5, 5.41) is 32.7. The quantitative estimate of drug-likeness (QED) is 0.176. The Hall–Kier alpha value is -3.60. The van der Waals surface area contributed by atoms with Gasteiger partial charge in [-0.15, -0.1) is 0 Å². The van der Waals surface area contributed by atoms with Gasteiger partial charge in [0.15, 0.2) is 0 Å². The second-order valence-electron chi connectivity index (χ2n) is 10.9. The number of carboxylic acids is 1. The van der Waals surface area contributed by atoms with E-state index >= 15 is 0 Å². The zero-order valence-corrected chi connectivity index (χ0v) is 27.8. The number of nitrogens with one attached hydrogen (secondary N) is 1. The van der Waals surface area contributed by atoms with Crippen molar-refractivity contribution in [3.8, 4) is 22.3 Å². The number of aryl methyl sites for hydroxylation is 1. The van der Waals surface area contributed by atoms with E-state index in [4.69, 9.17) is 5.11 Å². The van der Waals surface area contributed by atoms with Gasteiger partial charge in [-0.25, -0.2) is 8.78 Å². The third kappa shape index (κ3) is 8.99. The Morgan fingerprint density at radius 2 is 1.51 bits per heavy atom. The summed E-state index contributed by atoms with van der Waals surface area (Å²) < 4.78 is 29.9. The molecule has 232 valence electrons. The van der Waals surface area contributed by atoms with Crippen molar-refractivity contribution >= 4 is 23.6 Å². The minimum absolute atomic E-state index is 0. The maximum absolute atomic E-state index is 14.2. The van der Waals surface area contributed by atoms with Crippen molar-refractivity contribution < 1.29 is 64.7 Å². The minimum atomic E-state index is -1.27. The number of aliphatic hydroxyl groups is 2. The first-order chi connectivity index (χ1) is 21.0. The zero-order chi connectivity index (χ0) is 32.0. The molecule has 45 heavy (non-hydrogen) atoms. The van der Waals surface area contributed by atoms with E-state index in [2.05, 4.69) is 5.32 Å². The van der Waals surface area contributed by atoms with Crippen LogP contribution >= 0.6 is 0 Å². The SMILES string of the molecule is CCc1cccc(NC(=O)c2c(-c3ccc(F)cc3)c(-c3ccc(F)cc3)c(C=C[C@@H](O)C[C@@H](O)CC(=O)O)n2C(C)C)c1.[H-].[Na+]. The standard InChI is InChI=1S/C35H36F2N2O5.Na.H/c1-4-22-6-5-7-27(18-22)38-35(44)34-33(24-10-14-26(37)15-11-24)32(23-8-12-25(36)13-9-23)30(39(34)21(2)3)17-16-28(40)19-29(41)20-31(42)43;;/h5-18,21,28-29,40-41H,4,19-20H2,1-3H3,(H,38,44)(H,42,43);;/q;+1;-1/t28-,29-;;/m1../s1. The summed E-state index contributed by atoms with van der Waals surface area (Å²) in [6.07, 6.45) is 0.598. The van der Waals surface area contributed by atoms with Gasteiger partial charge >= 0.3 is 35.5 Å². The smallest absolute Gasteiger partial charge is 1.00 e. The fourth-order valence-corrected chi connectivity index (χ4v) is 5.24. The van der Waals surface area contributed by atoms with Crippen LogP contribution in [-0.4, -0.2) is 44.0 Å². The molecule has 1 aromatic heterocycles. The van der Waals surface area contributed by atoms with Crippen LogP contribution in [0.5, 0.6) is 0 Å². The number of amides is 1. The number of anilines is 1. The van der Waals surface area contributed by atoms with Gasteiger partial charge < -0.3 is 26.6 Å². The fourth-order valence-electron chi connectivity index (χ4n) is 5.24. The summed E-state index contributed by atoms with van der Waals surface area (Å²) in [5.74, 6) is -2.52. The number of hydrogen-bond donors (Lipinski definition) is 4. The Morgan fingerprint density at radius 1 is 0.933 bits per heavy atom. The average molecular weight is 627 g/mol. The number of halogens is 2. The molecule has 0 aliphatic carbocycles. The van der Waals surface area contributed by atoms with E-state index in [-0.39, 0.29) is 49.1 Å². The summed E-state index contributed by atoms with van der Waals surface area (Å²) in [6, 6.07) is 18.7. The van der Waals surface area contributed by atoms with Gasteiger partial charge in [-0.05, 0) is 79.4 Å². The number of benzene rings is 3. The first-order valence-electron chi connectivity index (χ1n) is 14.4. The maximum atomic E-state index is 14.2. The monoisotopic (exact) mass is 626 g/mol. The molecule has 0 aliphatic heterocycles. The number of carbonyl (C=O) groups excluding carboxylic acids is 1. The van der Waals surface area contributed by atoms with E-state index in [1.165, 1.54) is 30.3 Å². The minimum Gasteiger partial charge on any atom is -1.00 e. The molecule has 0 saturated carbocycles. The van der Waals surface area contributed by atoms with E-state index < -0.39 is 42.1 Å². The van der Waals surface area contributed by atoms with Gasteiger partial charge in [0, 0.05) is 35.0 Å². The molecule has 0 bridgehead atoms. The molecule has 10 heteroatoms. The molecule has 0 unspecified atom stereocenters. The molecule has 4 aromatic rings. The van der Waals surface area contributed by atoms with Crippen molar-refractivity contribution in [3.63, 3.8) is 0 Å². The summed E-state index contributed by atoms with van der Waals surface area (Å²) in [4.78, 5) is 25.2. The van der Waals surface area contributed by atoms with Crippen LogP contribution in [0.4, 0.5) is 14.5 Å². The Kier molecular flexibility index (Phi) is 12.8. The number of aliphatic hydroxyl groups excluding tert-OH is 2. The largest absolute Gasteiger partial charge is 1.00 e. The van der Waals surface area contributed by atoms with Crippen LogP contribution in [0.25, 0.3) is 28.3 Å². The number of aromatic nitrogens is 1. The normalized spacial score (nSPS) is 12.6. The van der Waals surface area contributed by atoms with Crippen LogP contribution in [0.3, 0.4) is 0 Å². The van der Waals surface area contributed by atoms with Crippen molar-refractivity contribution in [2.24, 2.45) is 0 Å². The molecule has 7 nitrogen and oxygen atoms in total. The molecule has 0 radical (unpaired) electrons. The van der Waals surface area contributed by atoms with Gasteiger partial charge in [-0.3, -0.25) is 9.59 Å². The van der Waals surface area contributed by atoms with E-state index in [1.54, 1.807) is 41.0 Å². The predicted octanol–water partition coefficient (Wildman–Crippen LogP) is 4.21. The number of nitrogens with zero attached hydrogens (tertiary/aromatic N) is 1. The molecule has 0 spiro atoms. The van der Waals surface area contributed by atoms with Gasteiger partial charge in [0.2, 0.25) is 0 Å². The molecule has 0 fully saturated rings. The summed E-state index contributed by atoms with van der Waals surface area (Å²) in [6.45, 7) is 5.80. The van der Waals surface area contributed by atoms with Gasteiger partial charge in [-0.2, -0.15) is 0 Å². The van der Waals surface area contributed by atoms with Crippen LogP contribution in [0.15, 0.2) is 78.9 Å². The topological polar surface area (TPSA) is 112 Å². The summed E-state index contributed by atoms with van der Waals surface area (Å²) in [5.41, 5.74) is 4.56. The van der Waals surface area contributed by atoms with E-state index in [9.17, 15) is 28.6 Å². The predicted molar refractivity (Wildman–Crippen MR) is 168 cm³/mol. The molecule has 1 heterocycles. The average Bonchev–Trinajstić information content (AvgIpc) is 3.32. The first kappa shape index (κ1) is 35.9. The van der Waals surface area contributed by atoms with Crippen LogP contribution in [0.2, 0.25) is 0 Å². The zero-order valence-electron chi connectivity index (χ0n) is 26.8. The van der Waals surface area contributed by atoms with E-state index in [0.29, 0.717) is 33.6 Å². The van der Waals surface area contributed by atoms with Crippen LogP contribution in [0.1, 0.15) is 62.8 Å². The van der Waals surface area contributed by atoms with Gasteiger partial charge in [0.1, 0.15) is 17.3 Å². The Labute approximate surface area is 285 Å². The molecule has 4 rings (SSSR count). The number of rotatable bonds is 12. The molecule has 2 atom stereocenters. The maximum Gasteiger partial charge on any atom is 1.00 e. The molecular formula is C35H37F2N2NaO5. The number of aliphatic carboxylic acids is 1. The van der Waals surface area contributed by atoms with Gasteiger partial charge in [0.05, 0.1) is 18.6 Å². The van der Waals surface area contributed by atoms with E-state index in [0.717, 1.165) is 12.0 Å². The summed E-state index contributed by atoms with van der Waals surface area (Å²) >= 11 is 0. The van der Waals surface area contributed by atoms with Crippen molar-refractivity contribution in [2.45, 2.75) is 58.3 Å². The third-order valence-electron chi connectivity index (χ3n) is 7.23. The van der Waals surface area contributed by atoms with Crippen molar-refractivity contribution in [1.82, 2.24) is 4.57 Å². The Bertz CT molecular complexity index is 1660. The summed E-state index contributed by atoms with van der Waals surface area (Å²) in [7, 11) is 0. The molecule has 3 aromatic carbocycles. The van der Waals surface area contributed by atoms with Crippen LogP contribution in [-0.2, 0) is 11.2 Å². The second kappa shape index (κ2) is 16.1. The first-order valence-corrected chi connectivity index (χ1v) is 14.4. The van der Waals surface area contributed by atoms with Crippen LogP contribution in [0, 0.1) is 11.6 Å². The van der Waals surface area contributed by atoms with Crippen molar-refractivity contribution in [2.75, 3.05) is 5.32 Å². The molecule has 1 amide bonds. The second-order valence-corrected chi connectivity index (χ2v) is 10.9. The molecule has 0 saturated heterocycles. The molecular weight excluding hydrogens is 589 g/mol. The van der Waals surface area contributed by atoms with Crippen molar-refractivity contribution in [3.05, 3.63) is 107 Å². The Balaban J connectivity index is 0.00000368. The van der Waals surface area contributed by atoms with E-state index in [1.807, 2.05) is 39.0 Å². The third-order valence-corrected chi connectivity index (χ3v) is 7.23. The van der Waals surface area contributed by atoms with Crippen molar-refractivity contribution in [1.29, 1.82) is 0 Å². The number of carboxylic acid groups (broad SMARTS) is 1. The molecule has 0 aliphatic rings. The Morgan fingerprint density at radius 3 is 2.04 bits per heavy atom. The number of carbonyl (C=O) groups is 2. The fraction of sp³-hybridized carbons (Fsp3) is 0.257. The van der Waals surface area contributed by atoms with Crippen LogP contribution < -0.4 is 34.9 Å². The van der Waals surface area contributed by atoms with Gasteiger partial charge in [0.25, 0.3) is 5.91 Å². The molecule has 4 N–H and O–H groups in total. The number of hydrogen-bond acceptors (Lipinski definition) is 4. The van der Waals surface area contributed by atoms with Gasteiger partial charge in [-0.1, -0.05) is 49.4 Å².